The monoisotopic (exact) mass is 405 g/mol. The fraction of sp³-hybridized carbons (Fsp3) is 0.222. The first-order valence-corrected chi connectivity index (χ1v) is 8.57. The van der Waals surface area contributed by atoms with Crippen LogP contribution in [0.25, 0.3) is 0 Å². The molecule has 0 aromatic heterocycles. The van der Waals surface area contributed by atoms with Gasteiger partial charge in [-0.05, 0) is 59.1 Å². The predicted octanol–water partition coefficient (Wildman–Crippen LogP) is 3.42. The van der Waals surface area contributed by atoms with Gasteiger partial charge < -0.3 is 15.2 Å². The number of benzene rings is 2. The Hall–Kier alpha value is -2.54. The van der Waals surface area contributed by atoms with E-state index in [1.807, 2.05) is 38.1 Å². The summed E-state index contributed by atoms with van der Waals surface area (Å²) in [5.41, 5.74) is 5.11. The van der Waals surface area contributed by atoms with Gasteiger partial charge in [-0.25, -0.2) is 5.43 Å². The fourth-order valence-electron chi connectivity index (χ4n) is 2.10. The number of hydrogen-bond acceptors (Lipinski definition) is 5. The van der Waals surface area contributed by atoms with Crippen LogP contribution in [-0.2, 0) is 4.79 Å². The zero-order valence-corrected chi connectivity index (χ0v) is 15.6. The molecule has 0 heterocycles. The van der Waals surface area contributed by atoms with Crippen molar-refractivity contribution in [3.05, 3.63) is 52.0 Å². The van der Waals surface area contributed by atoms with Crippen molar-refractivity contribution in [3.63, 3.8) is 0 Å². The lowest BCUT2D eigenvalue weighted by Gasteiger charge is -2.09. The maximum atomic E-state index is 11.8. The Morgan fingerprint density at radius 1 is 1.36 bits per heavy atom. The highest BCUT2D eigenvalue weighted by Gasteiger charge is 2.08. The molecule has 0 unspecified atom stereocenters. The summed E-state index contributed by atoms with van der Waals surface area (Å²) < 4.78 is 5.84. The summed E-state index contributed by atoms with van der Waals surface area (Å²) in [6.07, 6.45) is 1.48. The number of para-hydroxylation sites is 1. The molecular formula is C18H20BrN3O3. The van der Waals surface area contributed by atoms with Crippen LogP contribution in [0.2, 0.25) is 0 Å². The standard InChI is InChI=1S/C18H20BrN3O3/c1-3-25-16-9-13(8-14(19)18(16)24)10-21-22-17(23)11-20-15-7-5-4-6-12(15)2/h4-10,20,24H,3,11H2,1-2H3,(H,22,23)/b21-10-. The number of phenols is 1. The topological polar surface area (TPSA) is 83.0 Å². The molecule has 0 atom stereocenters. The number of aryl methyl sites for hydroxylation is 1. The van der Waals surface area contributed by atoms with Crippen LogP contribution in [0.5, 0.6) is 11.5 Å². The van der Waals surface area contributed by atoms with Gasteiger partial charge in [0.25, 0.3) is 5.91 Å². The van der Waals surface area contributed by atoms with Crippen molar-refractivity contribution in [2.24, 2.45) is 5.10 Å². The average Bonchev–Trinajstić information content (AvgIpc) is 2.58. The minimum Gasteiger partial charge on any atom is -0.503 e. The zero-order chi connectivity index (χ0) is 18.2. The Balaban J connectivity index is 1.92. The molecule has 0 aliphatic heterocycles. The lowest BCUT2D eigenvalue weighted by Crippen LogP contribution is -2.26. The molecule has 25 heavy (non-hydrogen) atoms. The second kappa shape index (κ2) is 9.08. The molecule has 0 bridgehead atoms. The molecule has 0 aliphatic rings. The molecule has 3 N–H and O–H groups in total. The molecule has 0 radical (unpaired) electrons. The van der Waals surface area contributed by atoms with Gasteiger partial charge in [0, 0.05) is 5.69 Å². The van der Waals surface area contributed by atoms with Gasteiger partial charge in [-0.2, -0.15) is 5.10 Å². The third-order valence-electron chi connectivity index (χ3n) is 3.34. The number of halogens is 1. The van der Waals surface area contributed by atoms with Gasteiger partial charge in [-0.15, -0.1) is 0 Å². The SMILES string of the molecule is CCOc1cc(/C=N\NC(=O)CNc2ccccc2C)cc(Br)c1O. The quantitative estimate of drug-likeness (QED) is 0.486. The van der Waals surface area contributed by atoms with Gasteiger partial charge in [0.2, 0.25) is 0 Å². The number of amides is 1. The van der Waals surface area contributed by atoms with Crippen molar-refractivity contribution in [1.29, 1.82) is 0 Å². The Kier molecular flexibility index (Phi) is 6.82. The highest BCUT2D eigenvalue weighted by molar-refractivity contribution is 9.10. The summed E-state index contributed by atoms with van der Waals surface area (Å²) in [6, 6.07) is 11.1. The molecule has 0 fully saturated rings. The van der Waals surface area contributed by atoms with E-state index in [-0.39, 0.29) is 18.2 Å². The maximum absolute atomic E-state index is 11.8. The van der Waals surface area contributed by atoms with Gasteiger partial charge in [0.05, 0.1) is 23.8 Å². The predicted molar refractivity (Wildman–Crippen MR) is 102 cm³/mol. The van der Waals surface area contributed by atoms with E-state index >= 15 is 0 Å². The van der Waals surface area contributed by atoms with Crippen molar-refractivity contribution in [1.82, 2.24) is 5.43 Å². The Bertz CT molecular complexity index is 778. The Morgan fingerprint density at radius 2 is 2.12 bits per heavy atom. The van der Waals surface area contributed by atoms with Crippen molar-refractivity contribution < 1.29 is 14.6 Å². The summed E-state index contributed by atoms with van der Waals surface area (Å²) in [7, 11) is 0. The molecule has 7 heteroatoms. The van der Waals surface area contributed by atoms with Crippen LogP contribution in [-0.4, -0.2) is 30.4 Å². The second-order valence-corrected chi connectivity index (χ2v) is 6.10. The van der Waals surface area contributed by atoms with E-state index in [9.17, 15) is 9.90 Å². The number of nitrogens with zero attached hydrogens (tertiary/aromatic N) is 1. The molecule has 2 aromatic rings. The first-order chi connectivity index (χ1) is 12.0. The summed E-state index contributed by atoms with van der Waals surface area (Å²) in [5, 5.41) is 16.9. The zero-order valence-electron chi connectivity index (χ0n) is 14.0. The molecule has 1 amide bonds. The number of ether oxygens (including phenoxy) is 1. The summed E-state index contributed by atoms with van der Waals surface area (Å²) in [6.45, 7) is 4.35. The number of nitrogens with one attached hydrogen (secondary N) is 2. The Labute approximate surface area is 155 Å². The number of hydrazone groups is 1. The molecule has 2 rings (SSSR count). The van der Waals surface area contributed by atoms with Crippen LogP contribution in [0.15, 0.2) is 46.0 Å². The number of carbonyl (C=O) groups excluding carboxylic acids is 1. The van der Waals surface area contributed by atoms with Gasteiger partial charge in [-0.3, -0.25) is 4.79 Å². The third kappa shape index (κ3) is 5.49. The van der Waals surface area contributed by atoms with Crippen molar-refractivity contribution >= 4 is 33.7 Å². The highest BCUT2D eigenvalue weighted by atomic mass is 79.9. The van der Waals surface area contributed by atoms with Crippen LogP contribution in [0.4, 0.5) is 5.69 Å². The van der Waals surface area contributed by atoms with Crippen molar-refractivity contribution in [3.8, 4) is 11.5 Å². The summed E-state index contributed by atoms with van der Waals surface area (Å²) in [4.78, 5) is 11.8. The van der Waals surface area contributed by atoms with E-state index in [0.717, 1.165) is 11.3 Å². The molecular weight excluding hydrogens is 386 g/mol. The fourth-order valence-corrected chi connectivity index (χ4v) is 2.56. The second-order valence-electron chi connectivity index (χ2n) is 5.24. The number of hydrogen-bond donors (Lipinski definition) is 3. The molecule has 132 valence electrons. The van der Waals surface area contributed by atoms with E-state index in [2.05, 4.69) is 31.8 Å². The number of aromatic hydroxyl groups is 1. The van der Waals surface area contributed by atoms with Crippen molar-refractivity contribution in [2.45, 2.75) is 13.8 Å². The lowest BCUT2D eigenvalue weighted by molar-refractivity contribution is -0.119. The number of phenolic OH excluding ortho intramolecular Hbond substituents is 1. The largest absolute Gasteiger partial charge is 0.503 e. The maximum Gasteiger partial charge on any atom is 0.259 e. The van der Waals surface area contributed by atoms with Crippen molar-refractivity contribution in [2.75, 3.05) is 18.5 Å². The van der Waals surface area contributed by atoms with Crippen LogP contribution in [0.3, 0.4) is 0 Å². The first kappa shape index (κ1) is 18.8. The molecule has 6 nitrogen and oxygen atoms in total. The third-order valence-corrected chi connectivity index (χ3v) is 3.94. The van der Waals surface area contributed by atoms with E-state index in [1.54, 1.807) is 12.1 Å². The lowest BCUT2D eigenvalue weighted by atomic mass is 10.2. The van der Waals surface area contributed by atoms with E-state index in [4.69, 9.17) is 4.74 Å². The summed E-state index contributed by atoms with van der Waals surface area (Å²) in [5.74, 6) is 0.124. The highest BCUT2D eigenvalue weighted by Crippen LogP contribution is 2.34. The normalized spacial score (nSPS) is 10.7. The van der Waals surface area contributed by atoms with Crippen LogP contribution in [0.1, 0.15) is 18.1 Å². The molecule has 0 saturated heterocycles. The van der Waals surface area contributed by atoms with Gasteiger partial charge in [0.15, 0.2) is 11.5 Å². The van der Waals surface area contributed by atoms with Crippen LogP contribution in [0, 0.1) is 6.92 Å². The summed E-state index contributed by atoms with van der Waals surface area (Å²) >= 11 is 3.26. The minimum atomic E-state index is -0.262. The van der Waals surface area contributed by atoms with E-state index in [0.29, 0.717) is 22.4 Å². The number of carbonyl (C=O) groups is 1. The van der Waals surface area contributed by atoms with Gasteiger partial charge in [-0.1, -0.05) is 18.2 Å². The minimum absolute atomic E-state index is 0.0328. The van der Waals surface area contributed by atoms with Crippen LogP contribution >= 0.6 is 15.9 Å². The first-order valence-electron chi connectivity index (χ1n) is 7.78. The van der Waals surface area contributed by atoms with Gasteiger partial charge >= 0.3 is 0 Å². The molecule has 0 saturated carbocycles. The van der Waals surface area contributed by atoms with Crippen LogP contribution < -0.4 is 15.5 Å². The molecule has 2 aromatic carbocycles. The van der Waals surface area contributed by atoms with E-state index < -0.39 is 0 Å². The number of rotatable bonds is 7. The molecule has 0 spiro atoms. The van der Waals surface area contributed by atoms with Gasteiger partial charge in [0.1, 0.15) is 0 Å². The molecule has 0 aliphatic carbocycles. The smallest absolute Gasteiger partial charge is 0.259 e. The Morgan fingerprint density at radius 3 is 2.84 bits per heavy atom. The van der Waals surface area contributed by atoms with E-state index in [1.165, 1.54) is 6.21 Å². The number of anilines is 1. The average molecular weight is 406 g/mol.